The van der Waals surface area contributed by atoms with Gasteiger partial charge in [0.2, 0.25) is 0 Å². The summed E-state index contributed by atoms with van der Waals surface area (Å²) in [4.78, 5) is 0. The smallest absolute Gasteiger partial charge is 0.0620 e. The Kier molecular flexibility index (Phi) is 3.93. The van der Waals surface area contributed by atoms with E-state index in [4.69, 9.17) is 0 Å². The summed E-state index contributed by atoms with van der Waals surface area (Å²) in [5.74, 6) is 0. The van der Waals surface area contributed by atoms with Gasteiger partial charge in [-0.25, -0.2) is 0 Å². The molecule has 168 valence electrons. The van der Waals surface area contributed by atoms with Gasteiger partial charge in [-0.3, -0.25) is 0 Å². The normalized spacial score (nSPS) is 12.0. The Labute approximate surface area is 209 Å². The Balaban J connectivity index is 1.32. The molecule has 0 aliphatic carbocycles. The maximum Gasteiger partial charge on any atom is 0.0620 e. The molecular formula is C35H23N. The van der Waals surface area contributed by atoms with E-state index in [1.807, 2.05) is 0 Å². The lowest BCUT2D eigenvalue weighted by atomic mass is 9.92. The number of rotatable bonds is 2. The lowest BCUT2D eigenvalue weighted by Crippen LogP contribution is -1.87. The van der Waals surface area contributed by atoms with Crippen LogP contribution in [0.15, 0.2) is 121 Å². The molecule has 0 bridgehead atoms. The highest BCUT2D eigenvalue weighted by Crippen LogP contribution is 2.40. The van der Waals surface area contributed by atoms with Gasteiger partial charge >= 0.3 is 0 Å². The third-order valence-corrected chi connectivity index (χ3v) is 7.87. The Morgan fingerprint density at radius 1 is 0.444 bits per heavy atom. The summed E-state index contributed by atoms with van der Waals surface area (Å²) in [6.07, 6.45) is 0. The summed E-state index contributed by atoms with van der Waals surface area (Å²) < 4.78 is 2.45. The van der Waals surface area contributed by atoms with Crippen LogP contribution in [-0.2, 0) is 0 Å². The van der Waals surface area contributed by atoms with Crippen molar-refractivity contribution in [3.8, 4) is 22.3 Å². The van der Waals surface area contributed by atoms with E-state index in [2.05, 4.69) is 133 Å². The van der Waals surface area contributed by atoms with Gasteiger partial charge in [-0.1, -0.05) is 109 Å². The SMILES string of the molecule is Cc1ccc2ccccc2c1-c1ccc(-c2ccc3c4cccc5c6ccccc6n(c3c2)c54)cc1. The second kappa shape index (κ2) is 7.19. The fourth-order valence-corrected chi connectivity index (χ4v) is 6.20. The van der Waals surface area contributed by atoms with E-state index >= 15 is 0 Å². The van der Waals surface area contributed by atoms with Crippen molar-refractivity contribution in [2.75, 3.05) is 0 Å². The second-order valence-corrected chi connectivity index (χ2v) is 9.84. The van der Waals surface area contributed by atoms with Crippen molar-refractivity contribution in [2.45, 2.75) is 6.92 Å². The maximum atomic E-state index is 2.45. The van der Waals surface area contributed by atoms with Gasteiger partial charge in [-0.15, -0.1) is 0 Å². The van der Waals surface area contributed by atoms with Crippen LogP contribution in [0.4, 0.5) is 0 Å². The number of nitrogens with zero attached hydrogens (tertiary/aromatic N) is 1. The van der Waals surface area contributed by atoms with Crippen LogP contribution >= 0.6 is 0 Å². The average molecular weight is 458 g/mol. The highest BCUT2D eigenvalue weighted by molar-refractivity contribution is 6.23. The fourth-order valence-electron chi connectivity index (χ4n) is 6.20. The van der Waals surface area contributed by atoms with Gasteiger partial charge in [0.05, 0.1) is 16.6 Å². The van der Waals surface area contributed by atoms with Crippen molar-refractivity contribution in [3.63, 3.8) is 0 Å². The monoisotopic (exact) mass is 457 g/mol. The van der Waals surface area contributed by atoms with Gasteiger partial charge in [-0.05, 0) is 57.6 Å². The van der Waals surface area contributed by atoms with Crippen LogP contribution in [0.25, 0.3) is 71.1 Å². The van der Waals surface area contributed by atoms with Crippen molar-refractivity contribution in [2.24, 2.45) is 0 Å². The lowest BCUT2D eigenvalue weighted by Gasteiger charge is -2.12. The number of hydrogen-bond acceptors (Lipinski definition) is 0. The van der Waals surface area contributed by atoms with Crippen molar-refractivity contribution in [1.82, 2.24) is 4.40 Å². The van der Waals surface area contributed by atoms with Crippen molar-refractivity contribution < 1.29 is 0 Å². The molecule has 6 aromatic carbocycles. The van der Waals surface area contributed by atoms with Gasteiger partial charge < -0.3 is 4.40 Å². The predicted octanol–water partition coefficient (Wildman–Crippen LogP) is 9.63. The highest BCUT2D eigenvalue weighted by Gasteiger charge is 2.17. The number of aromatic nitrogens is 1. The van der Waals surface area contributed by atoms with Crippen molar-refractivity contribution >= 4 is 48.9 Å². The molecule has 0 saturated heterocycles. The van der Waals surface area contributed by atoms with Gasteiger partial charge in [0.1, 0.15) is 0 Å². The summed E-state index contributed by atoms with van der Waals surface area (Å²) in [6.45, 7) is 2.20. The van der Waals surface area contributed by atoms with Crippen LogP contribution in [0, 0.1) is 6.92 Å². The molecule has 0 saturated carbocycles. The molecule has 0 aliphatic heterocycles. The Bertz CT molecular complexity index is 2090. The Morgan fingerprint density at radius 2 is 1.08 bits per heavy atom. The standard InChI is InChI=1S/C35H23N/c1-22-13-14-24-7-2-3-8-27(24)34(22)25-17-15-23(16-18-25)26-19-20-29-31-11-6-10-30-28-9-4-5-12-32(28)36(35(30)31)33(29)21-26/h2-21H,1H3. The second-order valence-electron chi connectivity index (χ2n) is 9.84. The molecule has 0 aliphatic rings. The molecule has 0 N–H and O–H groups in total. The molecule has 0 atom stereocenters. The number of benzene rings is 6. The van der Waals surface area contributed by atoms with Gasteiger partial charge in [-0.2, -0.15) is 0 Å². The molecule has 1 heteroatoms. The minimum atomic E-state index is 1.24. The predicted molar refractivity (Wildman–Crippen MR) is 154 cm³/mol. The third-order valence-electron chi connectivity index (χ3n) is 7.87. The van der Waals surface area contributed by atoms with E-state index in [-0.39, 0.29) is 0 Å². The largest absolute Gasteiger partial charge is 0.308 e. The average Bonchev–Trinajstić information content (AvgIpc) is 3.45. The zero-order valence-electron chi connectivity index (χ0n) is 20.0. The maximum absolute atomic E-state index is 2.45. The van der Waals surface area contributed by atoms with Gasteiger partial charge in [0.15, 0.2) is 0 Å². The third kappa shape index (κ3) is 2.60. The summed E-state index contributed by atoms with van der Waals surface area (Å²) in [5.41, 5.74) is 10.3. The zero-order valence-corrected chi connectivity index (χ0v) is 20.0. The molecule has 8 rings (SSSR count). The number of hydrogen-bond donors (Lipinski definition) is 0. The molecule has 2 aromatic heterocycles. The van der Waals surface area contributed by atoms with Crippen LogP contribution in [0.3, 0.4) is 0 Å². The first-order valence-corrected chi connectivity index (χ1v) is 12.5. The molecule has 0 amide bonds. The summed E-state index contributed by atoms with van der Waals surface area (Å²) in [7, 11) is 0. The van der Waals surface area contributed by atoms with Crippen LogP contribution in [0.2, 0.25) is 0 Å². The van der Waals surface area contributed by atoms with E-state index in [9.17, 15) is 0 Å². The van der Waals surface area contributed by atoms with Crippen LogP contribution in [0.1, 0.15) is 5.56 Å². The summed E-state index contributed by atoms with van der Waals surface area (Å²) in [6, 6.07) is 44.5. The minimum absolute atomic E-state index is 1.24. The zero-order chi connectivity index (χ0) is 23.8. The molecule has 8 aromatic rings. The molecule has 2 heterocycles. The molecule has 1 nitrogen and oxygen atoms in total. The topological polar surface area (TPSA) is 4.41 Å². The summed E-state index contributed by atoms with van der Waals surface area (Å²) in [5, 5.41) is 7.88. The van der Waals surface area contributed by atoms with Crippen LogP contribution < -0.4 is 0 Å². The first kappa shape index (κ1) is 19.7. The number of para-hydroxylation sites is 2. The van der Waals surface area contributed by atoms with Crippen molar-refractivity contribution in [1.29, 1.82) is 0 Å². The molecular weight excluding hydrogens is 434 g/mol. The molecule has 0 fully saturated rings. The quantitative estimate of drug-likeness (QED) is 0.243. The van der Waals surface area contributed by atoms with E-state index in [1.165, 1.54) is 76.7 Å². The lowest BCUT2D eigenvalue weighted by molar-refractivity contribution is 1.37. The highest BCUT2D eigenvalue weighted by atomic mass is 14.9. The molecule has 0 unspecified atom stereocenters. The molecule has 36 heavy (non-hydrogen) atoms. The van der Waals surface area contributed by atoms with E-state index < -0.39 is 0 Å². The van der Waals surface area contributed by atoms with Gasteiger partial charge in [0.25, 0.3) is 0 Å². The fraction of sp³-hybridized carbons (Fsp3) is 0.0286. The van der Waals surface area contributed by atoms with E-state index in [1.54, 1.807) is 0 Å². The Hall–Kier alpha value is -4.62. The van der Waals surface area contributed by atoms with E-state index in [0.717, 1.165) is 0 Å². The summed E-state index contributed by atoms with van der Waals surface area (Å²) >= 11 is 0. The van der Waals surface area contributed by atoms with E-state index in [0.29, 0.717) is 0 Å². The molecule has 0 radical (unpaired) electrons. The first-order chi connectivity index (χ1) is 17.8. The van der Waals surface area contributed by atoms with Gasteiger partial charge in [0, 0.05) is 21.5 Å². The Morgan fingerprint density at radius 3 is 1.92 bits per heavy atom. The van der Waals surface area contributed by atoms with Crippen LogP contribution in [-0.4, -0.2) is 4.40 Å². The minimum Gasteiger partial charge on any atom is -0.308 e. The number of fused-ring (bicyclic) bond motifs is 7. The number of aryl methyl sites for hydroxylation is 1. The first-order valence-electron chi connectivity index (χ1n) is 12.5. The molecule has 0 spiro atoms. The van der Waals surface area contributed by atoms with Crippen LogP contribution in [0.5, 0.6) is 0 Å². The van der Waals surface area contributed by atoms with Crippen molar-refractivity contribution in [3.05, 3.63) is 127 Å².